The molecular weight excluding hydrogens is 315 g/mol. The first-order chi connectivity index (χ1) is 12.3. The molecule has 2 heterocycles. The molecule has 0 aliphatic carbocycles. The second-order valence-electron chi connectivity index (χ2n) is 5.82. The third-order valence-corrected chi connectivity index (χ3v) is 4.21. The van der Waals surface area contributed by atoms with Crippen molar-refractivity contribution >= 4 is 0 Å². The average Bonchev–Trinajstić information content (AvgIpc) is 3.33. The first-order valence-electron chi connectivity index (χ1n) is 8.12. The summed E-state index contributed by atoms with van der Waals surface area (Å²) in [4.78, 5) is 4.50. The third kappa shape index (κ3) is 3.21. The SMILES string of the molecule is Fc1ccc(-c2nccn2[C@H](Cn2cccn2)c2ccccc2)cc1. The Hall–Kier alpha value is -3.21. The van der Waals surface area contributed by atoms with E-state index in [2.05, 4.69) is 26.8 Å². The van der Waals surface area contributed by atoms with Gasteiger partial charge < -0.3 is 4.57 Å². The largest absolute Gasteiger partial charge is 0.322 e. The zero-order chi connectivity index (χ0) is 17.1. The van der Waals surface area contributed by atoms with E-state index < -0.39 is 0 Å². The van der Waals surface area contributed by atoms with Gasteiger partial charge in [0.15, 0.2) is 0 Å². The molecule has 0 radical (unpaired) electrons. The lowest BCUT2D eigenvalue weighted by atomic mass is 10.1. The molecule has 0 amide bonds. The molecule has 4 aromatic rings. The van der Waals surface area contributed by atoms with Crippen LogP contribution in [0.4, 0.5) is 4.39 Å². The van der Waals surface area contributed by atoms with Crippen molar-refractivity contribution in [2.45, 2.75) is 12.6 Å². The van der Waals surface area contributed by atoms with Crippen LogP contribution in [0, 0.1) is 5.82 Å². The van der Waals surface area contributed by atoms with E-state index in [4.69, 9.17) is 0 Å². The first kappa shape index (κ1) is 15.3. The molecule has 4 rings (SSSR count). The van der Waals surface area contributed by atoms with Crippen LogP contribution < -0.4 is 0 Å². The van der Waals surface area contributed by atoms with Crippen molar-refractivity contribution in [3.8, 4) is 11.4 Å². The molecule has 5 heteroatoms. The summed E-state index contributed by atoms with van der Waals surface area (Å²) in [5, 5.41) is 4.34. The van der Waals surface area contributed by atoms with Crippen LogP contribution in [0.1, 0.15) is 11.6 Å². The smallest absolute Gasteiger partial charge is 0.140 e. The molecule has 0 saturated heterocycles. The minimum atomic E-state index is -0.252. The molecule has 2 aromatic carbocycles. The molecule has 25 heavy (non-hydrogen) atoms. The predicted octanol–water partition coefficient (Wildman–Crippen LogP) is 4.18. The Morgan fingerprint density at radius 3 is 2.40 bits per heavy atom. The number of hydrogen-bond acceptors (Lipinski definition) is 2. The summed E-state index contributed by atoms with van der Waals surface area (Å²) in [7, 11) is 0. The number of rotatable bonds is 5. The van der Waals surface area contributed by atoms with Gasteiger partial charge in [0.1, 0.15) is 11.6 Å². The van der Waals surface area contributed by atoms with E-state index in [-0.39, 0.29) is 11.9 Å². The van der Waals surface area contributed by atoms with Gasteiger partial charge in [0, 0.05) is 30.4 Å². The summed E-state index contributed by atoms with van der Waals surface area (Å²) >= 11 is 0. The molecule has 0 unspecified atom stereocenters. The van der Waals surface area contributed by atoms with Crippen molar-refractivity contribution in [3.63, 3.8) is 0 Å². The van der Waals surface area contributed by atoms with E-state index in [9.17, 15) is 4.39 Å². The van der Waals surface area contributed by atoms with Crippen LogP contribution >= 0.6 is 0 Å². The Kier molecular flexibility index (Phi) is 4.12. The van der Waals surface area contributed by atoms with Crippen LogP contribution in [0.3, 0.4) is 0 Å². The zero-order valence-corrected chi connectivity index (χ0v) is 13.5. The fraction of sp³-hybridized carbons (Fsp3) is 0.100. The van der Waals surface area contributed by atoms with Gasteiger partial charge in [-0.2, -0.15) is 5.10 Å². The molecule has 0 N–H and O–H groups in total. The van der Waals surface area contributed by atoms with E-state index in [1.54, 1.807) is 24.5 Å². The second kappa shape index (κ2) is 6.73. The average molecular weight is 332 g/mol. The fourth-order valence-electron chi connectivity index (χ4n) is 3.00. The molecule has 0 bridgehead atoms. The van der Waals surface area contributed by atoms with Gasteiger partial charge in [-0.05, 0) is 35.9 Å². The highest BCUT2D eigenvalue weighted by molar-refractivity contribution is 5.55. The lowest BCUT2D eigenvalue weighted by molar-refractivity contribution is 0.466. The lowest BCUT2D eigenvalue weighted by Gasteiger charge is -2.21. The highest BCUT2D eigenvalue weighted by atomic mass is 19.1. The minimum absolute atomic E-state index is 0.0312. The van der Waals surface area contributed by atoms with E-state index >= 15 is 0 Å². The summed E-state index contributed by atoms with van der Waals surface area (Å²) in [6.07, 6.45) is 7.46. The van der Waals surface area contributed by atoms with Crippen LogP contribution in [0.2, 0.25) is 0 Å². The summed E-state index contributed by atoms with van der Waals surface area (Å²) in [6, 6.07) is 18.6. The summed E-state index contributed by atoms with van der Waals surface area (Å²) in [6.45, 7) is 0.682. The van der Waals surface area contributed by atoms with Gasteiger partial charge in [0.2, 0.25) is 0 Å². The molecule has 0 aliphatic heterocycles. The summed E-state index contributed by atoms with van der Waals surface area (Å²) in [5.74, 6) is 0.555. The number of halogens is 1. The highest BCUT2D eigenvalue weighted by Crippen LogP contribution is 2.27. The lowest BCUT2D eigenvalue weighted by Crippen LogP contribution is -2.18. The van der Waals surface area contributed by atoms with Gasteiger partial charge in [-0.25, -0.2) is 9.37 Å². The monoisotopic (exact) mass is 332 g/mol. The highest BCUT2D eigenvalue weighted by Gasteiger charge is 2.18. The third-order valence-electron chi connectivity index (χ3n) is 4.21. The van der Waals surface area contributed by atoms with Gasteiger partial charge in [0.05, 0.1) is 12.6 Å². The number of aromatic nitrogens is 4. The van der Waals surface area contributed by atoms with Gasteiger partial charge in [-0.3, -0.25) is 4.68 Å². The zero-order valence-electron chi connectivity index (χ0n) is 13.5. The fourth-order valence-corrected chi connectivity index (χ4v) is 3.00. The van der Waals surface area contributed by atoms with Crippen molar-refractivity contribution in [2.75, 3.05) is 0 Å². The predicted molar refractivity (Wildman–Crippen MR) is 94.4 cm³/mol. The van der Waals surface area contributed by atoms with Crippen LogP contribution in [0.5, 0.6) is 0 Å². The Bertz CT molecular complexity index is 928. The number of hydrogen-bond donors (Lipinski definition) is 0. The van der Waals surface area contributed by atoms with Crippen LogP contribution in [0.25, 0.3) is 11.4 Å². The maximum absolute atomic E-state index is 13.3. The molecule has 0 aliphatic rings. The molecule has 2 aromatic heterocycles. The number of benzene rings is 2. The first-order valence-corrected chi connectivity index (χ1v) is 8.12. The molecule has 4 nitrogen and oxygen atoms in total. The van der Waals surface area contributed by atoms with E-state index in [1.165, 1.54) is 17.7 Å². The Morgan fingerprint density at radius 2 is 1.68 bits per heavy atom. The number of imidazole rings is 1. The van der Waals surface area contributed by atoms with Gasteiger partial charge in [0.25, 0.3) is 0 Å². The molecule has 0 fully saturated rings. The van der Waals surface area contributed by atoms with Gasteiger partial charge >= 0.3 is 0 Å². The normalized spacial score (nSPS) is 12.2. The van der Waals surface area contributed by atoms with Crippen molar-refractivity contribution in [1.82, 2.24) is 19.3 Å². The maximum Gasteiger partial charge on any atom is 0.140 e. The second-order valence-corrected chi connectivity index (χ2v) is 5.82. The minimum Gasteiger partial charge on any atom is -0.322 e. The van der Waals surface area contributed by atoms with Gasteiger partial charge in [-0.15, -0.1) is 0 Å². The van der Waals surface area contributed by atoms with E-state index in [0.717, 1.165) is 11.4 Å². The van der Waals surface area contributed by atoms with Crippen molar-refractivity contribution < 1.29 is 4.39 Å². The van der Waals surface area contributed by atoms with Crippen molar-refractivity contribution in [1.29, 1.82) is 0 Å². The van der Waals surface area contributed by atoms with Crippen LogP contribution in [0.15, 0.2) is 85.5 Å². The van der Waals surface area contributed by atoms with Gasteiger partial charge in [-0.1, -0.05) is 30.3 Å². The van der Waals surface area contributed by atoms with Crippen LogP contribution in [-0.2, 0) is 6.54 Å². The van der Waals surface area contributed by atoms with Crippen molar-refractivity contribution in [2.24, 2.45) is 0 Å². The Morgan fingerprint density at radius 1 is 0.880 bits per heavy atom. The quantitative estimate of drug-likeness (QED) is 0.550. The maximum atomic E-state index is 13.3. The van der Waals surface area contributed by atoms with Crippen LogP contribution in [-0.4, -0.2) is 19.3 Å². The standard InChI is InChI=1S/C20H17FN4/c21-18-9-7-17(8-10-18)20-22-12-14-25(20)19(15-24-13-4-11-23-24)16-5-2-1-3-6-16/h1-14,19H,15H2/t19-/m1/s1. The summed E-state index contributed by atoms with van der Waals surface area (Å²) in [5.41, 5.74) is 2.05. The Balaban J connectivity index is 1.78. The van der Waals surface area contributed by atoms with E-state index in [1.807, 2.05) is 41.3 Å². The Labute approximate surface area is 145 Å². The van der Waals surface area contributed by atoms with E-state index in [0.29, 0.717) is 6.54 Å². The number of nitrogens with zero attached hydrogens (tertiary/aromatic N) is 4. The topological polar surface area (TPSA) is 35.6 Å². The molecule has 1 atom stereocenters. The molecule has 0 spiro atoms. The molecular formula is C20H17FN4. The summed E-state index contributed by atoms with van der Waals surface area (Å²) < 4.78 is 17.3. The molecule has 0 saturated carbocycles. The van der Waals surface area contributed by atoms with Crippen molar-refractivity contribution in [3.05, 3.63) is 96.8 Å². The molecule has 124 valence electrons.